The molecule has 33 heavy (non-hydrogen) atoms. The fourth-order valence-electron chi connectivity index (χ4n) is 2.94. The van der Waals surface area contributed by atoms with E-state index in [-0.39, 0.29) is 12.8 Å². The molecule has 0 radical (unpaired) electrons. The molecule has 1 rings (SSSR count). The summed E-state index contributed by atoms with van der Waals surface area (Å²) >= 11 is 1.50. The molecular weight excluding hydrogens is 450 g/mol. The summed E-state index contributed by atoms with van der Waals surface area (Å²) in [6, 6.07) is -3.86. The van der Waals surface area contributed by atoms with Gasteiger partial charge in [-0.2, -0.15) is 11.8 Å². The van der Waals surface area contributed by atoms with Crippen molar-refractivity contribution in [1.29, 1.82) is 0 Å². The number of aromatic amines is 1. The molecule has 4 atom stereocenters. The third-order valence-corrected chi connectivity index (χ3v) is 5.53. The van der Waals surface area contributed by atoms with Gasteiger partial charge in [0.05, 0.1) is 12.4 Å². The van der Waals surface area contributed by atoms with Crippen LogP contribution in [0.4, 0.5) is 0 Å². The Balaban J connectivity index is 2.68. The maximum Gasteiger partial charge on any atom is 0.326 e. The molecule has 0 aliphatic carbocycles. The number of H-pyrrole nitrogens is 1. The van der Waals surface area contributed by atoms with Crippen molar-refractivity contribution in [3.8, 4) is 0 Å². The number of nitrogens with zero attached hydrogens (tertiary/aromatic N) is 1. The summed E-state index contributed by atoms with van der Waals surface area (Å²) in [6.45, 7) is 1.88. The number of hydrogen-bond donors (Lipinski definition) is 7. The third kappa shape index (κ3) is 10.7. The molecule has 0 aromatic carbocycles. The molecule has 0 spiro atoms. The van der Waals surface area contributed by atoms with E-state index in [0.29, 0.717) is 37.3 Å². The highest BCUT2D eigenvalue weighted by atomic mass is 32.2. The van der Waals surface area contributed by atoms with Gasteiger partial charge in [-0.15, -0.1) is 0 Å². The number of nitrogens with one attached hydrogen (secondary N) is 4. The van der Waals surface area contributed by atoms with E-state index < -0.39 is 47.9 Å². The first-order valence-corrected chi connectivity index (χ1v) is 12.1. The van der Waals surface area contributed by atoms with Gasteiger partial charge in [-0.1, -0.05) is 0 Å². The van der Waals surface area contributed by atoms with Crippen molar-refractivity contribution in [2.24, 2.45) is 11.5 Å². The average molecular weight is 486 g/mol. The van der Waals surface area contributed by atoms with Crippen LogP contribution in [0, 0.1) is 0 Å². The predicted octanol–water partition coefficient (Wildman–Crippen LogP) is -1.28. The number of thioether (sulfide) groups is 1. The van der Waals surface area contributed by atoms with Gasteiger partial charge >= 0.3 is 5.97 Å². The van der Waals surface area contributed by atoms with Crippen LogP contribution in [-0.4, -0.2) is 81.5 Å². The lowest BCUT2D eigenvalue weighted by Crippen LogP contribution is -2.56. The van der Waals surface area contributed by atoms with Crippen LogP contribution in [0.1, 0.15) is 38.3 Å². The Morgan fingerprint density at radius 2 is 1.79 bits per heavy atom. The van der Waals surface area contributed by atoms with Crippen molar-refractivity contribution < 1.29 is 24.3 Å². The summed E-state index contributed by atoms with van der Waals surface area (Å²) in [7, 11) is 0. The first kappa shape index (κ1) is 28.4. The van der Waals surface area contributed by atoms with Gasteiger partial charge in [-0.3, -0.25) is 14.4 Å². The van der Waals surface area contributed by atoms with Crippen molar-refractivity contribution in [3.05, 3.63) is 18.2 Å². The number of imidazole rings is 1. The Morgan fingerprint density at radius 3 is 2.36 bits per heavy atom. The van der Waals surface area contributed by atoms with Crippen molar-refractivity contribution in [3.63, 3.8) is 0 Å². The molecule has 13 heteroatoms. The minimum Gasteiger partial charge on any atom is -0.480 e. The smallest absolute Gasteiger partial charge is 0.326 e. The molecule has 0 saturated heterocycles. The number of aliphatic carboxylic acids is 1. The summed E-state index contributed by atoms with van der Waals surface area (Å²) in [5.41, 5.74) is 12.1. The monoisotopic (exact) mass is 485 g/mol. The molecule has 0 aliphatic heterocycles. The van der Waals surface area contributed by atoms with Crippen LogP contribution in [0.5, 0.6) is 0 Å². The van der Waals surface area contributed by atoms with Gasteiger partial charge in [-0.05, 0) is 51.2 Å². The molecule has 0 saturated carbocycles. The molecule has 1 aromatic heterocycles. The Labute approximate surface area is 197 Å². The molecule has 186 valence electrons. The van der Waals surface area contributed by atoms with Gasteiger partial charge in [-0.25, -0.2) is 9.78 Å². The number of carbonyl (C=O) groups is 4. The topological polar surface area (TPSA) is 205 Å². The fraction of sp³-hybridized carbons (Fsp3) is 0.650. The second kappa shape index (κ2) is 15.2. The van der Waals surface area contributed by atoms with Gasteiger partial charge in [0, 0.05) is 18.3 Å². The number of nitrogens with two attached hydrogens (primary N) is 2. The Bertz CT molecular complexity index is 762. The standard InChI is InChI=1S/C20H35N7O5S/c1-12(17(28)27-16(20(31)32)5-3-4-7-21)25-19(30)15(6-8-33-2)26-18(29)14(22)9-13-10-23-11-24-13/h10-12,14-16H,3-9,21-22H2,1-2H3,(H,23,24)(H,25,30)(H,26,29)(H,27,28)(H,31,32). The Morgan fingerprint density at radius 1 is 1.09 bits per heavy atom. The van der Waals surface area contributed by atoms with Gasteiger partial charge in [0.15, 0.2) is 0 Å². The lowest BCUT2D eigenvalue weighted by atomic mass is 10.1. The van der Waals surface area contributed by atoms with E-state index >= 15 is 0 Å². The highest BCUT2D eigenvalue weighted by Gasteiger charge is 2.28. The van der Waals surface area contributed by atoms with Crippen molar-refractivity contribution in [1.82, 2.24) is 25.9 Å². The largest absolute Gasteiger partial charge is 0.480 e. The van der Waals surface area contributed by atoms with E-state index in [0.717, 1.165) is 0 Å². The highest BCUT2D eigenvalue weighted by molar-refractivity contribution is 7.98. The minimum atomic E-state index is -1.16. The van der Waals surface area contributed by atoms with Crippen LogP contribution in [0.25, 0.3) is 0 Å². The summed E-state index contributed by atoms with van der Waals surface area (Å²) in [5, 5.41) is 16.9. The number of rotatable bonds is 16. The van der Waals surface area contributed by atoms with Crippen molar-refractivity contribution >= 4 is 35.5 Å². The van der Waals surface area contributed by atoms with Crippen LogP contribution < -0.4 is 27.4 Å². The van der Waals surface area contributed by atoms with E-state index in [4.69, 9.17) is 11.5 Å². The lowest BCUT2D eigenvalue weighted by Gasteiger charge is -2.23. The summed E-state index contributed by atoms with van der Waals surface area (Å²) < 4.78 is 0. The maximum atomic E-state index is 12.8. The molecule has 0 aliphatic rings. The lowest BCUT2D eigenvalue weighted by molar-refractivity contribution is -0.142. The van der Waals surface area contributed by atoms with E-state index in [1.165, 1.54) is 25.0 Å². The van der Waals surface area contributed by atoms with Crippen molar-refractivity contribution in [2.75, 3.05) is 18.6 Å². The maximum absolute atomic E-state index is 12.8. The average Bonchev–Trinajstić information content (AvgIpc) is 3.28. The van der Waals surface area contributed by atoms with E-state index in [9.17, 15) is 24.3 Å². The van der Waals surface area contributed by atoms with Crippen LogP contribution in [-0.2, 0) is 25.6 Å². The van der Waals surface area contributed by atoms with Crippen LogP contribution in [0.15, 0.2) is 12.5 Å². The third-order valence-electron chi connectivity index (χ3n) is 4.89. The first-order chi connectivity index (χ1) is 15.7. The molecule has 0 fully saturated rings. The number of aromatic nitrogens is 2. The quantitative estimate of drug-likeness (QED) is 0.139. The highest BCUT2D eigenvalue weighted by Crippen LogP contribution is 2.05. The number of hydrogen-bond acceptors (Lipinski definition) is 8. The summed E-state index contributed by atoms with van der Waals surface area (Å²) in [4.78, 5) is 55.8. The Hall–Kier alpha value is -2.64. The Kier molecular flexibility index (Phi) is 13.1. The number of carbonyl (C=O) groups excluding carboxylic acids is 3. The summed E-state index contributed by atoms with van der Waals surface area (Å²) in [5.74, 6) is -2.25. The van der Waals surface area contributed by atoms with E-state index in [1.807, 2.05) is 6.26 Å². The summed E-state index contributed by atoms with van der Waals surface area (Å²) in [6.07, 6.45) is 6.90. The second-order valence-electron chi connectivity index (χ2n) is 7.64. The van der Waals surface area contributed by atoms with E-state index in [1.54, 1.807) is 6.20 Å². The number of carboxylic acids is 1. The molecule has 12 nitrogen and oxygen atoms in total. The molecule has 0 bridgehead atoms. The zero-order valence-corrected chi connectivity index (χ0v) is 19.8. The normalized spacial score (nSPS) is 14.5. The van der Waals surface area contributed by atoms with Crippen LogP contribution >= 0.6 is 11.8 Å². The number of carboxylic acid groups (broad SMARTS) is 1. The van der Waals surface area contributed by atoms with Gasteiger partial charge in [0.2, 0.25) is 17.7 Å². The predicted molar refractivity (Wildman–Crippen MR) is 125 cm³/mol. The molecule has 1 aromatic rings. The van der Waals surface area contributed by atoms with Gasteiger partial charge in [0.1, 0.15) is 18.1 Å². The SMILES string of the molecule is CSCCC(NC(=O)C(N)Cc1cnc[nH]1)C(=O)NC(C)C(=O)NC(CCCCN)C(=O)O. The first-order valence-electron chi connectivity index (χ1n) is 10.7. The molecule has 4 unspecified atom stereocenters. The zero-order chi connectivity index (χ0) is 24.8. The molecule has 9 N–H and O–H groups in total. The van der Waals surface area contributed by atoms with Gasteiger partial charge in [0.25, 0.3) is 0 Å². The molecule has 1 heterocycles. The minimum absolute atomic E-state index is 0.224. The second-order valence-corrected chi connectivity index (χ2v) is 8.63. The van der Waals surface area contributed by atoms with Crippen LogP contribution in [0.3, 0.4) is 0 Å². The number of amides is 3. The van der Waals surface area contributed by atoms with Gasteiger partial charge < -0.3 is 37.5 Å². The zero-order valence-electron chi connectivity index (χ0n) is 19.0. The molecule has 3 amide bonds. The number of unbranched alkanes of at least 4 members (excludes halogenated alkanes) is 1. The molecular formula is C20H35N7O5S. The van der Waals surface area contributed by atoms with Crippen LogP contribution in [0.2, 0.25) is 0 Å². The van der Waals surface area contributed by atoms with E-state index in [2.05, 4.69) is 25.9 Å². The van der Waals surface area contributed by atoms with Crippen molar-refractivity contribution in [2.45, 2.75) is 63.2 Å². The fourth-order valence-corrected chi connectivity index (χ4v) is 3.41.